The van der Waals surface area contributed by atoms with Crippen LogP contribution in [-0.4, -0.2) is 26.7 Å². The van der Waals surface area contributed by atoms with Crippen LogP contribution in [0.3, 0.4) is 0 Å². The third-order valence-corrected chi connectivity index (χ3v) is 3.84. The fraction of sp³-hybridized carbons (Fsp3) is 0.0667. The Kier molecular flexibility index (Phi) is 2.58. The van der Waals surface area contributed by atoms with Gasteiger partial charge in [0.2, 0.25) is 11.0 Å². The lowest BCUT2D eigenvalue weighted by Gasteiger charge is -2.30. The topological polar surface area (TPSA) is 61.4 Å². The number of anilines is 1. The first-order valence-corrected chi connectivity index (χ1v) is 6.89. The van der Waals surface area contributed by atoms with Crippen LogP contribution >= 0.6 is 12.2 Å². The predicted octanol–water partition coefficient (Wildman–Crippen LogP) is 2.38. The number of amides is 1. The number of hydrogen-bond donors (Lipinski definition) is 1. The largest absolute Gasteiger partial charge is 0.345 e. The smallest absolute Gasteiger partial charge is 0.246 e. The second kappa shape index (κ2) is 4.46. The Morgan fingerprint density at radius 2 is 2.19 bits per heavy atom. The Balaban J connectivity index is 1.82. The van der Waals surface area contributed by atoms with Gasteiger partial charge in [-0.05, 0) is 36.5 Å². The van der Waals surface area contributed by atoms with E-state index in [0.717, 1.165) is 11.0 Å². The maximum Gasteiger partial charge on any atom is 0.246 e. The molecule has 0 spiro atoms. The van der Waals surface area contributed by atoms with Crippen LogP contribution in [0.1, 0.15) is 0 Å². The fourth-order valence-electron chi connectivity index (χ4n) is 2.54. The molecule has 21 heavy (non-hydrogen) atoms. The van der Waals surface area contributed by atoms with Crippen LogP contribution in [0.2, 0.25) is 0 Å². The van der Waals surface area contributed by atoms with E-state index in [0.29, 0.717) is 11.4 Å². The Hall–Kier alpha value is -2.60. The Morgan fingerprint density at radius 1 is 1.29 bits per heavy atom. The number of carbonyl (C=O) groups is 1. The van der Waals surface area contributed by atoms with Gasteiger partial charge in [-0.3, -0.25) is 9.69 Å². The van der Waals surface area contributed by atoms with Crippen LogP contribution in [0, 0.1) is 5.92 Å². The van der Waals surface area contributed by atoms with Gasteiger partial charge in [0.1, 0.15) is 0 Å². The van der Waals surface area contributed by atoms with Gasteiger partial charge in [-0.2, -0.15) is 0 Å². The lowest BCUT2D eigenvalue weighted by molar-refractivity contribution is -0.118. The molecule has 0 radical (unpaired) electrons. The monoisotopic (exact) mass is 294 g/mol. The van der Waals surface area contributed by atoms with E-state index in [2.05, 4.69) is 15.0 Å². The fourth-order valence-corrected chi connectivity index (χ4v) is 2.84. The van der Waals surface area contributed by atoms with Crippen molar-refractivity contribution in [2.24, 2.45) is 10.9 Å². The first-order valence-electron chi connectivity index (χ1n) is 6.48. The lowest BCUT2D eigenvalue weighted by Crippen LogP contribution is -2.46. The second-order valence-corrected chi connectivity index (χ2v) is 5.18. The second-order valence-electron chi connectivity index (χ2n) is 4.82. The zero-order chi connectivity index (χ0) is 14.4. The molecule has 1 unspecified atom stereocenters. The van der Waals surface area contributed by atoms with E-state index in [1.165, 1.54) is 4.90 Å². The number of carbonyl (C=O) groups excluding carboxylic acids is 1. The highest BCUT2D eigenvalue weighted by atomic mass is 32.1. The number of nitrogens with one attached hydrogen (secondary N) is 1. The summed E-state index contributed by atoms with van der Waals surface area (Å²) >= 11 is 5.29. The van der Waals surface area contributed by atoms with E-state index in [9.17, 15) is 4.79 Å². The highest BCUT2D eigenvalue weighted by Crippen LogP contribution is 2.27. The Bertz CT molecular complexity index is 861. The van der Waals surface area contributed by atoms with Crippen molar-refractivity contribution in [3.8, 4) is 0 Å². The number of rotatable bonds is 1. The SMILES string of the molecule is O=C1C2C=CC=CC2=NC(=S)N1c1ccc2nc[nH]c2c1. The summed E-state index contributed by atoms with van der Waals surface area (Å²) < 4.78 is 0. The van der Waals surface area contributed by atoms with Gasteiger partial charge in [-0.25, -0.2) is 9.98 Å². The number of aliphatic imine (C=N–C) groups is 1. The van der Waals surface area contributed by atoms with Crippen molar-refractivity contribution in [2.75, 3.05) is 4.90 Å². The van der Waals surface area contributed by atoms with Crippen molar-refractivity contribution < 1.29 is 4.79 Å². The summed E-state index contributed by atoms with van der Waals surface area (Å²) in [5.41, 5.74) is 3.11. The summed E-state index contributed by atoms with van der Waals surface area (Å²) in [5.74, 6) is -0.441. The molecule has 2 heterocycles. The minimum absolute atomic E-state index is 0.0792. The van der Waals surface area contributed by atoms with Crippen molar-refractivity contribution >= 4 is 45.7 Å². The van der Waals surface area contributed by atoms with E-state index in [1.54, 1.807) is 6.33 Å². The molecule has 1 amide bonds. The van der Waals surface area contributed by atoms with E-state index in [1.807, 2.05) is 42.5 Å². The third kappa shape index (κ3) is 1.84. The normalized spacial score (nSPS) is 20.9. The summed E-state index contributed by atoms with van der Waals surface area (Å²) in [4.78, 5) is 25.7. The molecule has 2 aromatic rings. The van der Waals surface area contributed by atoms with Crippen molar-refractivity contribution in [1.82, 2.24) is 9.97 Å². The molecule has 5 nitrogen and oxygen atoms in total. The molecule has 1 aliphatic carbocycles. The molecular weight excluding hydrogens is 284 g/mol. The van der Waals surface area contributed by atoms with Gasteiger partial charge in [0, 0.05) is 0 Å². The van der Waals surface area contributed by atoms with Crippen molar-refractivity contribution in [3.05, 3.63) is 48.8 Å². The highest BCUT2D eigenvalue weighted by molar-refractivity contribution is 7.80. The zero-order valence-electron chi connectivity index (χ0n) is 10.9. The third-order valence-electron chi connectivity index (χ3n) is 3.56. The maximum absolute atomic E-state index is 12.7. The molecule has 6 heteroatoms. The zero-order valence-corrected chi connectivity index (χ0v) is 11.7. The molecule has 1 atom stereocenters. The number of aromatic amines is 1. The number of thiocarbonyl (C=S) groups is 1. The molecule has 0 saturated carbocycles. The van der Waals surface area contributed by atoms with E-state index < -0.39 is 0 Å². The van der Waals surface area contributed by atoms with Crippen LogP contribution in [0.25, 0.3) is 11.0 Å². The van der Waals surface area contributed by atoms with Crippen LogP contribution in [0.5, 0.6) is 0 Å². The number of hydrogen-bond acceptors (Lipinski definition) is 3. The molecule has 1 aromatic heterocycles. The van der Waals surface area contributed by atoms with E-state index >= 15 is 0 Å². The van der Waals surface area contributed by atoms with E-state index in [-0.39, 0.29) is 16.9 Å². The van der Waals surface area contributed by atoms with Gasteiger partial charge in [0.05, 0.1) is 34.7 Å². The Labute approximate surface area is 125 Å². The number of nitrogens with zero attached hydrogens (tertiary/aromatic N) is 3. The van der Waals surface area contributed by atoms with Crippen LogP contribution in [-0.2, 0) is 4.79 Å². The standard InChI is InChI=1S/C15H10N4OS/c20-14-10-3-1-2-4-11(10)18-15(21)19(14)9-5-6-12-13(7-9)17-8-16-12/h1-8,10H,(H,16,17). The molecule has 0 saturated heterocycles. The molecule has 1 aliphatic heterocycles. The minimum atomic E-state index is -0.362. The van der Waals surface area contributed by atoms with Crippen molar-refractivity contribution in [3.63, 3.8) is 0 Å². The number of H-pyrrole nitrogens is 1. The average Bonchev–Trinajstić information content (AvgIpc) is 2.95. The quantitative estimate of drug-likeness (QED) is 0.821. The van der Waals surface area contributed by atoms with Crippen molar-refractivity contribution in [2.45, 2.75) is 0 Å². The highest BCUT2D eigenvalue weighted by Gasteiger charge is 2.34. The van der Waals surface area contributed by atoms with Gasteiger partial charge in [0.25, 0.3) is 0 Å². The molecular formula is C15H10N4OS. The average molecular weight is 294 g/mol. The predicted molar refractivity (Wildman–Crippen MR) is 85.4 cm³/mol. The van der Waals surface area contributed by atoms with Gasteiger partial charge in [-0.1, -0.05) is 18.2 Å². The maximum atomic E-state index is 12.7. The van der Waals surface area contributed by atoms with Gasteiger partial charge >= 0.3 is 0 Å². The Morgan fingerprint density at radius 3 is 3.10 bits per heavy atom. The summed E-state index contributed by atoms with van der Waals surface area (Å²) in [5, 5.41) is 0.269. The molecule has 1 aromatic carbocycles. The molecule has 0 fully saturated rings. The molecule has 102 valence electrons. The number of allylic oxidation sites excluding steroid dienone is 3. The summed E-state index contributed by atoms with van der Waals surface area (Å²) in [6.07, 6.45) is 8.99. The number of aromatic nitrogens is 2. The summed E-state index contributed by atoms with van der Waals surface area (Å²) in [6, 6.07) is 5.54. The van der Waals surface area contributed by atoms with Crippen LogP contribution < -0.4 is 4.90 Å². The van der Waals surface area contributed by atoms with Crippen molar-refractivity contribution in [1.29, 1.82) is 0 Å². The number of benzene rings is 1. The van der Waals surface area contributed by atoms with Gasteiger partial charge in [0.15, 0.2) is 0 Å². The lowest BCUT2D eigenvalue weighted by atomic mass is 9.95. The molecule has 4 rings (SSSR count). The first kappa shape index (κ1) is 12.2. The number of fused-ring (bicyclic) bond motifs is 2. The minimum Gasteiger partial charge on any atom is -0.345 e. The van der Waals surface area contributed by atoms with Gasteiger partial charge in [-0.15, -0.1) is 0 Å². The first-order chi connectivity index (χ1) is 10.2. The summed E-state index contributed by atoms with van der Waals surface area (Å²) in [7, 11) is 0. The molecule has 2 aliphatic rings. The van der Waals surface area contributed by atoms with E-state index in [4.69, 9.17) is 12.2 Å². The van der Waals surface area contributed by atoms with Gasteiger partial charge < -0.3 is 4.98 Å². The van der Waals surface area contributed by atoms with Crippen LogP contribution in [0.4, 0.5) is 5.69 Å². The molecule has 0 bridgehead atoms. The summed E-state index contributed by atoms with van der Waals surface area (Å²) in [6.45, 7) is 0. The number of imidazole rings is 1. The van der Waals surface area contributed by atoms with Crippen LogP contribution in [0.15, 0.2) is 53.8 Å². The molecule has 1 N–H and O–H groups in total.